The Morgan fingerprint density at radius 1 is 1.40 bits per heavy atom. The number of hydrogen-bond donors (Lipinski definition) is 1. The molecule has 1 saturated heterocycles. The first-order valence-electron chi connectivity index (χ1n) is 6.42. The summed E-state index contributed by atoms with van der Waals surface area (Å²) >= 11 is 0. The van der Waals surface area contributed by atoms with Crippen molar-refractivity contribution in [1.29, 1.82) is 0 Å². The van der Waals surface area contributed by atoms with E-state index in [1.54, 1.807) is 0 Å². The highest BCUT2D eigenvalue weighted by Crippen LogP contribution is 2.26. The summed E-state index contributed by atoms with van der Waals surface area (Å²) < 4.78 is 18.9. The van der Waals surface area contributed by atoms with Gasteiger partial charge in [0.2, 0.25) is 0 Å². The van der Waals surface area contributed by atoms with Gasteiger partial charge in [-0.2, -0.15) is 0 Å². The fourth-order valence-electron chi connectivity index (χ4n) is 2.46. The summed E-state index contributed by atoms with van der Waals surface area (Å²) in [6.45, 7) is 0.313. The average molecular weight is 281 g/mol. The van der Waals surface area contributed by atoms with E-state index in [1.165, 1.54) is 24.1 Å². The average Bonchev–Trinajstić information content (AvgIpc) is 2.46. The first-order chi connectivity index (χ1) is 9.56. The number of piperidine rings is 1. The van der Waals surface area contributed by atoms with Crippen LogP contribution in [0.3, 0.4) is 0 Å². The second-order valence-electron chi connectivity index (χ2n) is 4.67. The molecule has 0 unspecified atom stereocenters. The van der Waals surface area contributed by atoms with Crippen molar-refractivity contribution < 1.29 is 23.8 Å². The fraction of sp³-hybridized carbons (Fsp3) is 0.429. The first kappa shape index (κ1) is 14.3. The van der Waals surface area contributed by atoms with Crippen LogP contribution in [0.1, 0.15) is 29.6 Å². The van der Waals surface area contributed by atoms with E-state index >= 15 is 0 Å². The zero-order chi connectivity index (χ0) is 14.7. The molecule has 5 nitrogen and oxygen atoms in total. The van der Waals surface area contributed by atoms with E-state index in [-0.39, 0.29) is 11.3 Å². The van der Waals surface area contributed by atoms with Crippen LogP contribution in [0, 0.1) is 5.82 Å². The summed E-state index contributed by atoms with van der Waals surface area (Å²) in [5, 5.41) is 9.18. The lowest BCUT2D eigenvalue weighted by molar-refractivity contribution is -0.143. The number of halogens is 1. The molecule has 1 aliphatic heterocycles. The van der Waals surface area contributed by atoms with Crippen molar-refractivity contribution in [3.63, 3.8) is 0 Å². The predicted molar refractivity (Wildman–Crippen MR) is 69.3 cm³/mol. The van der Waals surface area contributed by atoms with Crippen molar-refractivity contribution in [2.75, 3.05) is 13.7 Å². The first-order valence-corrected chi connectivity index (χ1v) is 6.42. The summed E-state index contributed by atoms with van der Waals surface area (Å²) in [5.41, 5.74) is -0.205. The molecular weight excluding hydrogens is 265 g/mol. The molecule has 6 heteroatoms. The van der Waals surface area contributed by atoms with Gasteiger partial charge in [0.25, 0.3) is 5.91 Å². The van der Waals surface area contributed by atoms with Gasteiger partial charge in [0.15, 0.2) is 0 Å². The molecule has 20 heavy (non-hydrogen) atoms. The second-order valence-corrected chi connectivity index (χ2v) is 4.67. The maximum atomic E-state index is 13.9. The molecule has 0 aliphatic carbocycles. The molecule has 0 radical (unpaired) electrons. The Morgan fingerprint density at radius 2 is 2.15 bits per heavy atom. The van der Waals surface area contributed by atoms with Gasteiger partial charge in [-0.25, -0.2) is 9.18 Å². The van der Waals surface area contributed by atoms with Crippen molar-refractivity contribution >= 4 is 11.9 Å². The number of methoxy groups -OCH3 is 1. The Kier molecular flexibility index (Phi) is 4.22. The van der Waals surface area contributed by atoms with Crippen LogP contribution in [0.4, 0.5) is 4.39 Å². The van der Waals surface area contributed by atoms with Gasteiger partial charge in [0.1, 0.15) is 23.2 Å². The molecule has 1 amide bonds. The number of aliphatic carboxylic acids is 1. The lowest BCUT2D eigenvalue weighted by Gasteiger charge is -2.33. The summed E-state index contributed by atoms with van der Waals surface area (Å²) in [5.74, 6) is -2.28. The van der Waals surface area contributed by atoms with E-state index in [2.05, 4.69) is 0 Å². The Hall–Kier alpha value is -2.11. The molecule has 1 N–H and O–H groups in total. The maximum Gasteiger partial charge on any atom is 0.326 e. The molecule has 2 rings (SSSR count). The largest absolute Gasteiger partial charge is 0.496 e. The van der Waals surface area contributed by atoms with Crippen LogP contribution in [0.2, 0.25) is 0 Å². The fourth-order valence-corrected chi connectivity index (χ4v) is 2.46. The number of ether oxygens (including phenoxy) is 1. The molecular formula is C14H16FNO4. The minimum absolute atomic E-state index is 0.115. The second kappa shape index (κ2) is 5.90. The van der Waals surface area contributed by atoms with Crippen molar-refractivity contribution in [3.8, 4) is 5.75 Å². The van der Waals surface area contributed by atoms with Crippen LogP contribution in [0.15, 0.2) is 18.2 Å². The van der Waals surface area contributed by atoms with E-state index in [4.69, 9.17) is 4.74 Å². The third-order valence-corrected chi connectivity index (χ3v) is 3.46. The SMILES string of the molecule is COc1cccc(F)c1C(=O)N1CCCC[C@@H]1C(=O)O. The predicted octanol–water partition coefficient (Wildman–Crippen LogP) is 1.91. The lowest BCUT2D eigenvalue weighted by Crippen LogP contribution is -2.48. The zero-order valence-corrected chi connectivity index (χ0v) is 11.1. The minimum atomic E-state index is -1.06. The molecule has 1 heterocycles. The van der Waals surface area contributed by atoms with Gasteiger partial charge in [-0.1, -0.05) is 6.07 Å². The van der Waals surface area contributed by atoms with Gasteiger partial charge < -0.3 is 14.7 Å². The number of benzene rings is 1. The monoisotopic (exact) mass is 281 g/mol. The van der Waals surface area contributed by atoms with Gasteiger partial charge in [-0.3, -0.25) is 4.79 Å². The van der Waals surface area contributed by atoms with Gasteiger partial charge in [-0.15, -0.1) is 0 Å². The van der Waals surface area contributed by atoms with Crippen LogP contribution < -0.4 is 4.74 Å². The number of carboxylic acid groups (broad SMARTS) is 1. The van der Waals surface area contributed by atoms with E-state index in [0.717, 1.165) is 12.5 Å². The maximum absolute atomic E-state index is 13.9. The molecule has 1 aliphatic rings. The van der Waals surface area contributed by atoms with Gasteiger partial charge >= 0.3 is 5.97 Å². The number of amides is 1. The van der Waals surface area contributed by atoms with Crippen LogP contribution >= 0.6 is 0 Å². The number of nitrogens with zero attached hydrogens (tertiary/aromatic N) is 1. The van der Waals surface area contributed by atoms with Crippen molar-refractivity contribution in [2.24, 2.45) is 0 Å². The highest BCUT2D eigenvalue weighted by Gasteiger charge is 2.34. The normalized spacial score (nSPS) is 18.7. The molecule has 1 fully saturated rings. The molecule has 0 saturated carbocycles. The molecule has 108 valence electrons. The number of carboxylic acids is 1. The Morgan fingerprint density at radius 3 is 2.80 bits per heavy atom. The van der Waals surface area contributed by atoms with E-state index in [9.17, 15) is 19.1 Å². The quantitative estimate of drug-likeness (QED) is 0.919. The third kappa shape index (κ3) is 2.59. The number of rotatable bonds is 3. The van der Waals surface area contributed by atoms with Crippen LogP contribution in [0.5, 0.6) is 5.75 Å². The summed E-state index contributed by atoms with van der Waals surface area (Å²) in [6.07, 6.45) is 1.85. The Labute approximate surface area is 116 Å². The van der Waals surface area contributed by atoms with E-state index in [0.29, 0.717) is 19.4 Å². The van der Waals surface area contributed by atoms with Crippen molar-refractivity contribution in [3.05, 3.63) is 29.6 Å². The van der Waals surface area contributed by atoms with Crippen molar-refractivity contribution in [1.82, 2.24) is 4.90 Å². The lowest BCUT2D eigenvalue weighted by atomic mass is 10.0. The summed E-state index contributed by atoms with van der Waals surface area (Å²) in [7, 11) is 1.34. The smallest absolute Gasteiger partial charge is 0.326 e. The molecule has 1 aromatic rings. The summed E-state index contributed by atoms with van der Waals surface area (Å²) in [4.78, 5) is 24.9. The molecule has 1 atom stereocenters. The minimum Gasteiger partial charge on any atom is -0.496 e. The van der Waals surface area contributed by atoms with Crippen molar-refractivity contribution in [2.45, 2.75) is 25.3 Å². The van der Waals surface area contributed by atoms with Gasteiger partial charge in [0, 0.05) is 6.54 Å². The summed E-state index contributed by atoms with van der Waals surface area (Å²) in [6, 6.07) is 3.18. The number of hydrogen-bond acceptors (Lipinski definition) is 3. The number of likely N-dealkylation sites (tertiary alicyclic amines) is 1. The zero-order valence-electron chi connectivity index (χ0n) is 11.1. The topological polar surface area (TPSA) is 66.8 Å². The Bertz CT molecular complexity index is 532. The molecule has 0 aromatic heterocycles. The number of carbonyl (C=O) groups is 2. The Balaban J connectivity index is 2.37. The standard InChI is InChI=1S/C14H16FNO4/c1-20-11-7-4-5-9(15)12(11)13(17)16-8-3-2-6-10(16)14(18)19/h4-5,7,10H,2-3,6,8H2,1H3,(H,18,19)/t10-/m1/s1. The number of carbonyl (C=O) groups excluding carboxylic acids is 1. The van der Waals surface area contributed by atoms with Gasteiger partial charge in [-0.05, 0) is 31.4 Å². The third-order valence-electron chi connectivity index (χ3n) is 3.46. The van der Waals surface area contributed by atoms with E-state index < -0.39 is 23.7 Å². The van der Waals surface area contributed by atoms with E-state index in [1.807, 2.05) is 0 Å². The van der Waals surface area contributed by atoms with Crippen LogP contribution in [-0.4, -0.2) is 41.6 Å². The molecule has 1 aromatic carbocycles. The van der Waals surface area contributed by atoms with Crippen LogP contribution in [0.25, 0.3) is 0 Å². The molecule has 0 bridgehead atoms. The highest BCUT2D eigenvalue weighted by atomic mass is 19.1. The van der Waals surface area contributed by atoms with Gasteiger partial charge in [0.05, 0.1) is 7.11 Å². The highest BCUT2D eigenvalue weighted by molar-refractivity contribution is 5.99. The van der Waals surface area contributed by atoms with Crippen LogP contribution in [-0.2, 0) is 4.79 Å². The molecule has 0 spiro atoms.